The average molecular weight is 332 g/mol. The number of fused-ring (bicyclic) bond motifs is 3. The fourth-order valence-corrected chi connectivity index (χ4v) is 4.04. The van der Waals surface area contributed by atoms with Gasteiger partial charge in [0.2, 0.25) is 0 Å². The molecule has 2 aromatic rings. The minimum Gasteiger partial charge on any atom is -0.508 e. The number of hydrogen-bond acceptors (Lipinski definition) is 2. The highest BCUT2D eigenvalue weighted by atomic mass is 35.5. The molecule has 0 fully saturated rings. The van der Waals surface area contributed by atoms with Gasteiger partial charge in [-0.1, -0.05) is 59.6 Å². The SMILES string of the molecule is Oc1ccccc1C1Nc2c(ccc(Cl)c2Cl)C2C=CCC21. The summed E-state index contributed by atoms with van der Waals surface area (Å²) in [6, 6.07) is 11.4. The summed E-state index contributed by atoms with van der Waals surface area (Å²) < 4.78 is 0. The number of phenols is 1. The number of para-hydroxylation sites is 1. The Labute approximate surface area is 139 Å². The van der Waals surface area contributed by atoms with Crippen molar-refractivity contribution in [3.05, 3.63) is 69.7 Å². The molecule has 2 N–H and O–H groups in total. The van der Waals surface area contributed by atoms with Gasteiger partial charge in [-0.2, -0.15) is 0 Å². The van der Waals surface area contributed by atoms with Gasteiger partial charge in [0.25, 0.3) is 0 Å². The van der Waals surface area contributed by atoms with E-state index in [9.17, 15) is 5.11 Å². The molecule has 4 heteroatoms. The summed E-state index contributed by atoms with van der Waals surface area (Å²) >= 11 is 12.6. The second kappa shape index (κ2) is 5.22. The highest BCUT2D eigenvalue weighted by molar-refractivity contribution is 6.43. The lowest BCUT2D eigenvalue weighted by Crippen LogP contribution is -2.29. The predicted molar refractivity (Wildman–Crippen MR) is 90.9 cm³/mol. The third kappa shape index (κ3) is 2.02. The van der Waals surface area contributed by atoms with E-state index in [-0.39, 0.29) is 6.04 Å². The number of halogens is 2. The second-order valence-electron chi connectivity index (χ2n) is 5.86. The van der Waals surface area contributed by atoms with Crippen LogP contribution in [0.3, 0.4) is 0 Å². The van der Waals surface area contributed by atoms with Gasteiger partial charge in [-0.05, 0) is 30.0 Å². The lowest BCUT2D eigenvalue weighted by atomic mass is 9.77. The first-order chi connectivity index (χ1) is 10.7. The van der Waals surface area contributed by atoms with Crippen LogP contribution in [-0.4, -0.2) is 5.11 Å². The van der Waals surface area contributed by atoms with Crippen molar-refractivity contribution >= 4 is 28.9 Å². The topological polar surface area (TPSA) is 32.3 Å². The second-order valence-corrected chi connectivity index (χ2v) is 6.65. The normalized spacial score (nSPS) is 25.5. The van der Waals surface area contributed by atoms with Crippen LogP contribution in [0.2, 0.25) is 10.0 Å². The summed E-state index contributed by atoms with van der Waals surface area (Å²) in [5.41, 5.74) is 2.97. The van der Waals surface area contributed by atoms with Crippen LogP contribution in [0.25, 0.3) is 0 Å². The molecular formula is C18H15Cl2NO. The van der Waals surface area contributed by atoms with Crippen LogP contribution in [0.15, 0.2) is 48.6 Å². The van der Waals surface area contributed by atoms with Crippen LogP contribution in [0, 0.1) is 5.92 Å². The molecule has 2 aliphatic rings. The highest BCUT2D eigenvalue weighted by Gasteiger charge is 2.39. The average Bonchev–Trinajstić information content (AvgIpc) is 3.00. The third-order valence-corrected chi connectivity index (χ3v) is 5.50. The van der Waals surface area contributed by atoms with Gasteiger partial charge in [0, 0.05) is 11.5 Å². The maximum absolute atomic E-state index is 10.2. The molecule has 1 aliphatic carbocycles. The maximum Gasteiger partial charge on any atom is 0.120 e. The van der Waals surface area contributed by atoms with Crippen LogP contribution in [0.1, 0.15) is 29.5 Å². The smallest absolute Gasteiger partial charge is 0.120 e. The van der Waals surface area contributed by atoms with Crippen molar-refractivity contribution in [2.75, 3.05) is 5.32 Å². The van der Waals surface area contributed by atoms with Gasteiger partial charge in [0.15, 0.2) is 0 Å². The first-order valence-electron chi connectivity index (χ1n) is 7.36. The van der Waals surface area contributed by atoms with E-state index in [0.717, 1.165) is 17.7 Å². The summed E-state index contributed by atoms with van der Waals surface area (Å²) in [7, 11) is 0. The standard InChI is InChI=1S/C18H15Cl2NO/c19-14-9-8-12-10-5-3-6-11(10)17(21-18(12)16(14)20)13-4-1-2-7-15(13)22/h1-5,7-11,17,21-22H,6H2. The molecule has 112 valence electrons. The van der Waals surface area contributed by atoms with Crippen molar-refractivity contribution in [2.24, 2.45) is 5.92 Å². The van der Waals surface area contributed by atoms with Gasteiger partial charge in [-0.15, -0.1) is 0 Å². The molecule has 1 heterocycles. The molecule has 3 atom stereocenters. The molecule has 0 saturated carbocycles. The summed E-state index contributed by atoms with van der Waals surface area (Å²) in [5, 5.41) is 14.9. The predicted octanol–water partition coefficient (Wildman–Crippen LogP) is 5.53. The molecule has 22 heavy (non-hydrogen) atoms. The fourth-order valence-electron chi connectivity index (χ4n) is 3.66. The molecule has 0 aromatic heterocycles. The number of phenolic OH excluding ortho intramolecular Hbond substituents is 1. The van der Waals surface area contributed by atoms with E-state index in [2.05, 4.69) is 17.5 Å². The van der Waals surface area contributed by atoms with Crippen LogP contribution in [0.5, 0.6) is 5.75 Å². The number of rotatable bonds is 1. The van der Waals surface area contributed by atoms with E-state index in [1.54, 1.807) is 6.07 Å². The zero-order valence-corrected chi connectivity index (χ0v) is 13.3. The van der Waals surface area contributed by atoms with Crippen molar-refractivity contribution in [3.63, 3.8) is 0 Å². The largest absolute Gasteiger partial charge is 0.508 e. The zero-order chi connectivity index (χ0) is 15.3. The van der Waals surface area contributed by atoms with Gasteiger partial charge < -0.3 is 10.4 Å². The lowest BCUT2D eigenvalue weighted by molar-refractivity contribution is 0.402. The highest BCUT2D eigenvalue weighted by Crippen LogP contribution is 2.53. The van der Waals surface area contributed by atoms with Crippen molar-refractivity contribution < 1.29 is 5.11 Å². The van der Waals surface area contributed by atoms with E-state index in [1.165, 1.54) is 5.56 Å². The van der Waals surface area contributed by atoms with Gasteiger partial charge >= 0.3 is 0 Å². The van der Waals surface area contributed by atoms with Crippen LogP contribution >= 0.6 is 23.2 Å². The molecule has 4 rings (SSSR count). The Morgan fingerprint density at radius 3 is 2.68 bits per heavy atom. The molecule has 0 bridgehead atoms. The van der Waals surface area contributed by atoms with E-state index in [4.69, 9.17) is 23.2 Å². The molecule has 0 radical (unpaired) electrons. The first kappa shape index (κ1) is 14.0. The number of nitrogens with one attached hydrogen (secondary N) is 1. The van der Waals surface area contributed by atoms with Gasteiger partial charge in [-0.3, -0.25) is 0 Å². The lowest BCUT2D eigenvalue weighted by Gasteiger charge is -2.38. The molecular weight excluding hydrogens is 317 g/mol. The van der Waals surface area contributed by atoms with E-state index in [1.807, 2.05) is 30.3 Å². The minimum absolute atomic E-state index is 0.0182. The van der Waals surface area contributed by atoms with E-state index in [0.29, 0.717) is 27.6 Å². The summed E-state index contributed by atoms with van der Waals surface area (Å²) in [4.78, 5) is 0. The number of benzene rings is 2. The summed E-state index contributed by atoms with van der Waals surface area (Å²) in [6.45, 7) is 0. The van der Waals surface area contributed by atoms with Crippen molar-refractivity contribution in [1.82, 2.24) is 0 Å². The van der Waals surface area contributed by atoms with Crippen molar-refractivity contribution in [2.45, 2.75) is 18.4 Å². The molecule has 2 nitrogen and oxygen atoms in total. The van der Waals surface area contributed by atoms with Crippen LogP contribution in [-0.2, 0) is 0 Å². The summed E-state index contributed by atoms with van der Waals surface area (Å²) in [6.07, 6.45) is 5.43. The number of anilines is 1. The minimum atomic E-state index is 0.0182. The van der Waals surface area contributed by atoms with Gasteiger partial charge in [-0.25, -0.2) is 0 Å². The summed E-state index contributed by atoms with van der Waals surface area (Å²) in [5.74, 6) is 0.987. The Morgan fingerprint density at radius 1 is 1.05 bits per heavy atom. The first-order valence-corrected chi connectivity index (χ1v) is 8.11. The quantitative estimate of drug-likeness (QED) is 0.674. The Hall–Kier alpha value is -1.64. The number of hydrogen-bond donors (Lipinski definition) is 2. The third-order valence-electron chi connectivity index (χ3n) is 4.70. The maximum atomic E-state index is 10.2. The van der Waals surface area contributed by atoms with E-state index >= 15 is 0 Å². The number of aromatic hydroxyl groups is 1. The monoisotopic (exact) mass is 331 g/mol. The Morgan fingerprint density at radius 2 is 1.86 bits per heavy atom. The van der Waals surface area contributed by atoms with Crippen LogP contribution < -0.4 is 5.32 Å². The van der Waals surface area contributed by atoms with Gasteiger partial charge in [0.1, 0.15) is 5.75 Å². The Balaban J connectivity index is 1.87. The fraction of sp³-hybridized carbons (Fsp3) is 0.222. The van der Waals surface area contributed by atoms with Crippen molar-refractivity contribution in [1.29, 1.82) is 0 Å². The Bertz CT molecular complexity index is 772. The van der Waals surface area contributed by atoms with Crippen LogP contribution in [0.4, 0.5) is 5.69 Å². The molecule has 0 spiro atoms. The molecule has 0 saturated heterocycles. The molecule has 2 aromatic carbocycles. The zero-order valence-electron chi connectivity index (χ0n) is 11.8. The van der Waals surface area contributed by atoms with Gasteiger partial charge in [0.05, 0.1) is 21.8 Å². The molecule has 1 aliphatic heterocycles. The number of allylic oxidation sites excluding steroid dienone is 2. The molecule has 3 unspecified atom stereocenters. The van der Waals surface area contributed by atoms with E-state index < -0.39 is 0 Å². The van der Waals surface area contributed by atoms with Crippen molar-refractivity contribution in [3.8, 4) is 5.75 Å². The molecule has 0 amide bonds. The Kier molecular flexibility index (Phi) is 3.32.